The standard InChI is InChI=1S/C20H27N3O3/c1-4-25-17-7-5-6-8-18(17)26-19-10-9-15(12-22-19)13-23-20(24)16(21)11-14(2)3/h5-10,12,14,16H,4,11,13,21H2,1-3H3,(H,23,24)/t16-/m0/s1. The third-order valence-corrected chi connectivity index (χ3v) is 3.69. The van der Waals surface area contributed by atoms with E-state index in [4.69, 9.17) is 15.2 Å². The van der Waals surface area contributed by atoms with E-state index in [2.05, 4.69) is 10.3 Å². The molecule has 0 aliphatic carbocycles. The number of carbonyl (C=O) groups excluding carboxylic acids is 1. The summed E-state index contributed by atoms with van der Waals surface area (Å²) in [7, 11) is 0. The molecule has 1 aromatic heterocycles. The summed E-state index contributed by atoms with van der Waals surface area (Å²) in [6.45, 7) is 6.95. The van der Waals surface area contributed by atoms with Crippen LogP contribution in [0.15, 0.2) is 42.6 Å². The summed E-state index contributed by atoms with van der Waals surface area (Å²) in [4.78, 5) is 16.2. The van der Waals surface area contributed by atoms with Gasteiger partial charge >= 0.3 is 0 Å². The Hall–Kier alpha value is -2.60. The molecule has 3 N–H and O–H groups in total. The largest absolute Gasteiger partial charge is 0.490 e. The number of nitrogens with one attached hydrogen (secondary N) is 1. The number of pyridine rings is 1. The molecule has 26 heavy (non-hydrogen) atoms. The minimum absolute atomic E-state index is 0.148. The average molecular weight is 357 g/mol. The number of benzene rings is 1. The first-order valence-electron chi connectivity index (χ1n) is 8.87. The van der Waals surface area contributed by atoms with Crippen molar-refractivity contribution in [1.82, 2.24) is 10.3 Å². The molecule has 0 fully saturated rings. The molecular weight excluding hydrogens is 330 g/mol. The molecule has 1 atom stereocenters. The molecule has 0 radical (unpaired) electrons. The van der Waals surface area contributed by atoms with Gasteiger partial charge in [-0.05, 0) is 37.0 Å². The normalized spacial score (nSPS) is 11.9. The van der Waals surface area contributed by atoms with Crippen LogP contribution in [0, 0.1) is 5.92 Å². The van der Waals surface area contributed by atoms with E-state index in [0.717, 1.165) is 5.56 Å². The summed E-state index contributed by atoms with van der Waals surface area (Å²) in [6, 6.07) is 10.6. The number of para-hydroxylation sites is 2. The van der Waals surface area contributed by atoms with Crippen molar-refractivity contribution in [2.45, 2.75) is 39.8 Å². The van der Waals surface area contributed by atoms with E-state index in [1.807, 2.05) is 51.1 Å². The first-order chi connectivity index (χ1) is 12.5. The van der Waals surface area contributed by atoms with Crippen molar-refractivity contribution in [1.29, 1.82) is 0 Å². The van der Waals surface area contributed by atoms with Gasteiger partial charge < -0.3 is 20.5 Å². The summed E-state index contributed by atoms with van der Waals surface area (Å²) >= 11 is 0. The number of hydrogen-bond acceptors (Lipinski definition) is 5. The number of hydrogen-bond donors (Lipinski definition) is 2. The number of amides is 1. The van der Waals surface area contributed by atoms with E-state index < -0.39 is 6.04 Å². The maximum atomic E-state index is 12.0. The number of aromatic nitrogens is 1. The van der Waals surface area contributed by atoms with Crippen molar-refractivity contribution >= 4 is 5.91 Å². The van der Waals surface area contributed by atoms with Crippen molar-refractivity contribution in [3.8, 4) is 17.4 Å². The summed E-state index contributed by atoms with van der Waals surface area (Å²) in [5, 5.41) is 2.83. The molecule has 1 amide bonds. The second-order valence-corrected chi connectivity index (χ2v) is 6.44. The van der Waals surface area contributed by atoms with Crippen molar-refractivity contribution in [3.05, 3.63) is 48.2 Å². The highest BCUT2D eigenvalue weighted by Crippen LogP contribution is 2.30. The Kier molecular flexibility index (Phi) is 7.41. The second kappa shape index (κ2) is 9.77. The molecule has 1 aromatic carbocycles. The quantitative estimate of drug-likeness (QED) is 0.719. The maximum Gasteiger partial charge on any atom is 0.237 e. The van der Waals surface area contributed by atoms with Crippen LogP contribution in [0.5, 0.6) is 17.4 Å². The Balaban J connectivity index is 1.91. The fourth-order valence-electron chi connectivity index (χ4n) is 2.43. The SMILES string of the molecule is CCOc1ccccc1Oc1ccc(CNC(=O)[C@@H](N)CC(C)C)cn1. The molecule has 0 saturated heterocycles. The number of ether oxygens (including phenoxy) is 2. The smallest absolute Gasteiger partial charge is 0.237 e. The number of rotatable bonds is 9. The van der Waals surface area contributed by atoms with Gasteiger partial charge in [0.25, 0.3) is 0 Å². The van der Waals surface area contributed by atoms with Crippen molar-refractivity contribution in [3.63, 3.8) is 0 Å². The van der Waals surface area contributed by atoms with Gasteiger partial charge in [0.2, 0.25) is 11.8 Å². The van der Waals surface area contributed by atoms with Crippen molar-refractivity contribution in [2.24, 2.45) is 11.7 Å². The number of nitrogens with zero attached hydrogens (tertiary/aromatic N) is 1. The predicted molar refractivity (Wildman–Crippen MR) is 101 cm³/mol. The van der Waals surface area contributed by atoms with E-state index in [0.29, 0.717) is 42.9 Å². The number of nitrogens with two attached hydrogens (primary N) is 1. The van der Waals surface area contributed by atoms with Crippen LogP contribution in [0.2, 0.25) is 0 Å². The van der Waals surface area contributed by atoms with Gasteiger partial charge in [0.15, 0.2) is 11.5 Å². The molecule has 0 saturated carbocycles. The van der Waals surface area contributed by atoms with E-state index >= 15 is 0 Å². The first kappa shape index (κ1) is 19.7. The topological polar surface area (TPSA) is 86.5 Å². The lowest BCUT2D eigenvalue weighted by atomic mass is 10.0. The van der Waals surface area contributed by atoms with Gasteiger partial charge in [0, 0.05) is 18.8 Å². The molecule has 0 spiro atoms. The molecule has 2 rings (SSSR count). The van der Waals surface area contributed by atoms with Gasteiger partial charge in [-0.15, -0.1) is 0 Å². The Bertz CT molecular complexity index is 702. The lowest BCUT2D eigenvalue weighted by Crippen LogP contribution is -2.41. The van der Waals surface area contributed by atoms with Crippen molar-refractivity contribution < 1.29 is 14.3 Å². The van der Waals surface area contributed by atoms with Gasteiger partial charge in [-0.1, -0.05) is 32.0 Å². The van der Waals surface area contributed by atoms with Crippen LogP contribution in [-0.4, -0.2) is 23.5 Å². The minimum Gasteiger partial charge on any atom is -0.490 e. The van der Waals surface area contributed by atoms with Crippen LogP contribution >= 0.6 is 0 Å². The van der Waals surface area contributed by atoms with E-state index in [1.54, 1.807) is 12.3 Å². The van der Waals surface area contributed by atoms with Crippen LogP contribution in [0.4, 0.5) is 0 Å². The Morgan fingerprint density at radius 3 is 2.54 bits per heavy atom. The third kappa shape index (κ3) is 6.04. The van der Waals surface area contributed by atoms with Crippen LogP contribution in [0.1, 0.15) is 32.8 Å². The molecule has 0 aliphatic heterocycles. The lowest BCUT2D eigenvalue weighted by molar-refractivity contribution is -0.122. The van der Waals surface area contributed by atoms with Crippen LogP contribution in [0.3, 0.4) is 0 Å². The molecule has 0 aliphatic rings. The van der Waals surface area contributed by atoms with Crippen LogP contribution in [0.25, 0.3) is 0 Å². The molecule has 2 aromatic rings. The Labute approximate surface area is 154 Å². The summed E-state index contributed by atoms with van der Waals surface area (Å²) < 4.78 is 11.3. The molecule has 6 nitrogen and oxygen atoms in total. The molecule has 0 bridgehead atoms. The third-order valence-electron chi connectivity index (χ3n) is 3.69. The molecule has 140 valence electrons. The van der Waals surface area contributed by atoms with E-state index in [1.165, 1.54) is 0 Å². The lowest BCUT2D eigenvalue weighted by Gasteiger charge is -2.14. The predicted octanol–water partition coefficient (Wildman–Crippen LogP) is 3.26. The Morgan fingerprint density at radius 2 is 1.92 bits per heavy atom. The van der Waals surface area contributed by atoms with E-state index in [9.17, 15) is 4.79 Å². The fourth-order valence-corrected chi connectivity index (χ4v) is 2.43. The highest BCUT2D eigenvalue weighted by atomic mass is 16.5. The molecule has 0 unspecified atom stereocenters. The zero-order chi connectivity index (χ0) is 18.9. The van der Waals surface area contributed by atoms with Crippen LogP contribution < -0.4 is 20.5 Å². The van der Waals surface area contributed by atoms with Gasteiger partial charge in [0.1, 0.15) is 0 Å². The minimum atomic E-state index is -0.486. The monoisotopic (exact) mass is 357 g/mol. The van der Waals surface area contributed by atoms with Gasteiger partial charge in [0.05, 0.1) is 12.6 Å². The zero-order valence-corrected chi connectivity index (χ0v) is 15.6. The number of carbonyl (C=O) groups is 1. The Morgan fingerprint density at radius 1 is 1.19 bits per heavy atom. The summed E-state index contributed by atoms with van der Waals surface area (Å²) in [5.74, 6) is 1.98. The van der Waals surface area contributed by atoms with Gasteiger partial charge in [-0.25, -0.2) is 4.98 Å². The van der Waals surface area contributed by atoms with Gasteiger partial charge in [-0.2, -0.15) is 0 Å². The van der Waals surface area contributed by atoms with Crippen molar-refractivity contribution in [2.75, 3.05) is 6.61 Å². The fraction of sp³-hybridized carbons (Fsp3) is 0.400. The second-order valence-electron chi connectivity index (χ2n) is 6.44. The first-order valence-corrected chi connectivity index (χ1v) is 8.87. The molecular formula is C20H27N3O3. The highest BCUT2D eigenvalue weighted by molar-refractivity contribution is 5.81. The maximum absolute atomic E-state index is 12.0. The zero-order valence-electron chi connectivity index (χ0n) is 15.6. The van der Waals surface area contributed by atoms with Crippen LogP contribution in [-0.2, 0) is 11.3 Å². The molecule has 6 heteroatoms. The highest BCUT2D eigenvalue weighted by Gasteiger charge is 2.14. The summed E-state index contributed by atoms with van der Waals surface area (Å²) in [5.41, 5.74) is 6.75. The van der Waals surface area contributed by atoms with Gasteiger partial charge in [-0.3, -0.25) is 4.79 Å². The average Bonchev–Trinajstić information content (AvgIpc) is 2.62. The molecule has 1 heterocycles. The summed E-state index contributed by atoms with van der Waals surface area (Å²) in [6.07, 6.45) is 2.34. The van der Waals surface area contributed by atoms with E-state index in [-0.39, 0.29) is 5.91 Å².